The molecule has 1 aliphatic rings. The Morgan fingerprint density at radius 3 is 2.61 bits per heavy atom. The first kappa shape index (κ1) is 13.0. The van der Waals surface area contributed by atoms with Crippen LogP contribution in [0.2, 0.25) is 0 Å². The summed E-state index contributed by atoms with van der Waals surface area (Å²) in [7, 11) is 0. The highest BCUT2D eigenvalue weighted by Gasteiger charge is 2.26. The summed E-state index contributed by atoms with van der Waals surface area (Å²) >= 11 is 0. The van der Waals surface area contributed by atoms with Crippen molar-refractivity contribution in [2.75, 3.05) is 0 Å². The fourth-order valence-electron chi connectivity index (χ4n) is 2.58. The van der Waals surface area contributed by atoms with Crippen LogP contribution in [0.25, 0.3) is 0 Å². The molecule has 96 valence electrons. The number of nitrogens with zero attached hydrogens (tertiary/aromatic N) is 1. The van der Waals surface area contributed by atoms with Crippen molar-refractivity contribution in [1.82, 2.24) is 0 Å². The minimum absolute atomic E-state index is 0.0640. The Morgan fingerprint density at radius 2 is 1.94 bits per heavy atom. The summed E-state index contributed by atoms with van der Waals surface area (Å²) in [4.78, 5) is 0. The van der Waals surface area contributed by atoms with Gasteiger partial charge in [0, 0.05) is 0 Å². The summed E-state index contributed by atoms with van der Waals surface area (Å²) in [6.45, 7) is 2.18. The Kier molecular flexibility index (Phi) is 4.64. The summed E-state index contributed by atoms with van der Waals surface area (Å²) in [5.74, 6) is 0.969. The zero-order chi connectivity index (χ0) is 12.8. The molecule has 2 heteroatoms. The maximum absolute atomic E-state index is 9.12. The van der Waals surface area contributed by atoms with Crippen molar-refractivity contribution in [3.8, 4) is 11.8 Å². The van der Waals surface area contributed by atoms with Gasteiger partial charge in [-0.3, -0.25) is 0 Å². The monoisotopic (exact) mass is 243 g/mol. The molecular weight excluding hydrogens is 222 g/mol. The van der Waals surface area contributed by atoms with E-state index in [1.807, 2.05) is 12.1 Å². The van der Waals surface area contributed by atoms with Gasteiger partial charge in [-0.2, -0.15) is 5.26 Å². The van der Waals surface area contributed by atoms with E-state index in [1.165, 1.54) is 18.4 Å². The van der Waals surface area contributed by atoms with E-state index >= 15 is 0 Å². The predicted octanol–water partition coefficient (Wildman–Crippen LogP) is 4.10. The van der Waals surface area contributed by atoms with Gasteiger partial charge in [-0.25, -0.2) is 0 Å². The van der Waals surface area contributed by atoms with Crippen LogP contribution in [0.1, 0.15) is 44.6 Å². The van der Waals surface area contributed by atoms with E-state index in [2.05, 4.69) is 25.1 Å². The van der Waals surface area contributed by atoms with Gasteiger partial charge in [0.15, 0.2) is 0 Å². The Balaban J connectivity index is 1.97. The molecule has 2 rings (SSSR count). The number of hydrogen-bond acceptors (Lipinski definition) is 2. The zero-order valence-corrected chi connectivity index (χ0v) is 11.1. The Labute approximate surface area is 110 Å². The third kappa shape index (κ3) is 3.26. The van der Waals surface area contributed by atoms with Gasteiger partial charge in [-0.15, -0.1) is 0 Å². The summed E-state index contributed by atoms with van der Waals surface area (Å²) in [5, 5.41) is 9.12. The van der Waals surface area contributed by atoms with Crippen LogP contribution in [0, 0.1) is 17.2 Å². The van der Waals surface area contributed by atoms with E-state index in [1.54, 1.807) is 0 Å². The summed E-state index contributed by atoms with van der Waals surface area (Å²) < 4.78 is 5.97. The minimum Gasteiger partial charge on any atom is -0.489 e. The van der Waals surface area contributed by atoms with Gasteiger partial charge >= 0.3 is 0 Å². The van der Waals surface area contributed by atoms with Gasteiger partial charge in [0.1, 0.15) is 11.9 Å². The number of rotatable bonds is 4. The molecule has 1 aromatic carbocycles. The molecule has 0 heterocycles. The number of hydrogen-bond donors (Lipinski definition) is 0. The lowest BCUT2D eigenvalue weighted by Gasteiger charge is -2.27. The molecule has 1 fully saturated rings. The third-order valence-corrected chi connectivity index (χ3v) is 3.62. The van der Waals surface area contributed by atoms with Crippen molar-refractivity contribution >= 4 is 0 Å². The van der Waals surface area contributed by atoms with Crippen molar-refractivity contribution in [3.05, 3.63) is 29.8 Å². The molecule has 2 atom stereocenters. The van der Waals surface area contributed by atoms with E-state index in [0.717, 1.165) is 31.4 Å². The van der Waals surface area contributed by atoms with Crippen LogP contribution in [0.5, 0.6) is 5.75 Å². The van der Waals surface area contributed by atoms with Crippen molar-refractivity contribution in [2.24, 2.45) is 5.92 Å². The average Bonchev–Trinajstić information content (AvgIpc) is 2.42. The van der Waals surface area contributed by atoms with E-state index in [9.17, 15) is 0 Å². The number of ether oxygens (including phenoxy) is 1. The van der Waals surface area contributed by atoms with Crippen LogP contribution < -0.4 is 4.74 Å². The third-order valence-electron chi connectivity index (χ3n) is 3.62. The minimum atomic E-state index is 0.0640. The molecule has 2 nitrogen and oxygen atoms in total. The fraction of sp³-hybridized carbons (Fsp3) is 0.562. The second kappa shape index (κ2) is 6.44. The first-order chi connectivity index (χ1) is 8.83. The predicted molar refractivity (Wildman–Crippen MR) is 72.4 cm³/mol. The highest BCUT2D eigenvalue weighted by Crippen LogP contribution is 2.28. The van der Waals surface area contributed by atoms with Crippen LogP contribution in [-0.4, -0.2) is 6.10 Å². The lowest BCUT2D eigenvalue weighted by molar-refractivity contribution is 0.120. The SMILES string of the molecule is CCCc1ccc(OC2CCCCC2C#N)cc1. The second-order valence-corrected chi connectivity index (χ2v) is 5.07. The second-order valence-electron chi connectivity index (χ2n) is 5.07. The molecule has 0 spiro atoms. The van der Waals surface area contributed by atoms with Crippen molar-refractivity contribution in [2.45, 2.75) is 51.6 Å². The average molecular weight is 243 g/mol. The van der Waals surface area contributed by atoms with Gasteiger partial charge in [0.2, 0.25) is 0 Å². The lowest BCUT2D eigenvalue weighted by Crippen LogP contribution is -2.29. The smallest absolute Gasteiger partial charge is 0.119 e. The summed E-state index contributed by atoms with van der Waals surface area (Å²) in [5.41, 5.74) is 1.35. The van der Waals surface area contributed by atoms with Crippen LogP contribution in [0.4, 0.5) is 0 Å². The van der Waals surface area contributed by atoms with Crippen LogP contribution >= 0.6 is 0 Å². The van der Waals surface area contributed by atoms with Crippen molar-refractivity contribution < 1.29 is 4.74 Å². The quantitative estimate of drug-likeness (QED) is 0.797. The number of nitriles is 1. The molecular formula is C16H21NO. The molecule has 0 N–H and O–H groups in total. The number of aryl methyl sites for hydroxylation is 1. The largest absolute Gasteiger partial charge is 0.489 e. The molecule has 0 aromatic heterocycles. The normalized spacial score (nSPS) is 23.3. The molecule has 0 bridgehead atoms. The topological polar surface area (TPSA) is 33.0 Å². The van der Waals surface area contributed by atoms with E-state index < -0.39 is 0 Å². The molecule has 0 saturated heterocycles. The molecule has 0 amide bonds. The lowest BCUT2D eigenvalue weighted by atomic mass is 9.87. The molecule has 1 saturated carbocycles. The Morgan fingerprint density at radius 1 is 1.22 bits per heavy atom. The highest BCUT2D eigenvalue weighted by molar-refractivity contribution is 5.27. The first-order valence-corrected chi connectivity index (χ1v) is 6.98. The maximum atomic E-state index is 9.12. The number of benzene rings is 1. The van der Waals surface area contributed by atoms with Crippen molar-refractivity contribution in [1.29, 1.82) is 5.26 Å². The van der Waals surface area contributed by atoms with Gasteiger partial charge < -0.3 is 4.74 Å². The molecule has 1 aliphatic carbocycles. The molecule has 0 aliphatic heterocycles. The van der Waals surface area contributed by atoms with Gasteiger partial charge in [0.05, 0.1) is 12.0 Å². The highest BCUT2D eigenvalue weighted by atomic mass is 16.5. The fourth-order valence-corrected chi connectivity index (χ4v) is 2.58. The van der Waals surface area contributed by atoms with Gasteiger partial charge in [-0.05, 0) is 43.4 Å². The van der Waals surface area contributed by atoms with E-state index in [4.69, 9.17) is 10.00 Å². The van der Waals surface area contributed by atoms with Crippen LogP contribution in [0.15, 0.2) is 24.3 Å². The molecule has 1 aromatic rings. The van der Waals surface area contributed by atoms with Crippen LogP contribution in [-0.2, 0) is 6.42 Å². The Bertz CT molecular complexity index is 404. The first-order valence-electron chi connectivity index (χ1n) is 6.98. The van der Waals surface area contributed by atoms with E-state index in [0.29, 0.717) is 0 Å². The standard InChI is InChI=1S/C16H21NO/c1-2-5-13-8-10-15(11-9-13)18-16-7-4-3-6-14(16)12-17/h8-11,14,16H,2-7H2,1H3. The summed E-state index contributed by atoms with van der Waals surface area (Å²) in [6.07, 6.45) is 6.69. The maximum Gasteiger partial charge on any atom is 0.119 e. The Hall–Kier alpha value is -1.49. The zero-order valence-electron chi connectivity index (χ0n) is 11.1. The van der Waals surface area contributed by atoms with Gasteiger partial charge in [0.25, 0.3) is 0 Å². The van der Waals surface area contributed by atoms with Gasteiger partial charge in [-0.1, -0.05) is 31.9 Å². The molecule has 0 radical (unpaired) electrons. The summed E-state index contributed by atoms with van der Waals surface area (Å²) in [6, 6.07) is 10.7. The molecule has 18 heavy (non-hydrogen) atoms. The molecule has 2 unspecified atom stereocenters. The van der Waals surface area contributed by atoms with Crippen molar-refractivity contribution in [3.63, 3.8) is 0 Å². The van der Waals surface area contributed by atoms with E-state index in [-0.39, 0.29) is 12.0 Å². The van der Waals surface area contributed by atoms with Crippen LogP contribution in [0.3, 0.4) is 0 Å².